The fourth-order valence-corrected chi connectivity index (χ4v) is 3.23. The molecule has 1 aromatic rings. The van der Waals surface area contributed by atoms with Crippen molar-refractivity contribution in [2.24, 2.45) is 0 Å². The Labute approximate surface area is 99.9 Å². The van der Waals surface area contributed by atoms with E-state index in [0.717, 1.165) is 0 Å². The highest BCUT2D eigenvalue weighted by molar-refractivity contribution is 7.89. The summed E-state index contributed by atoms with van der Waals surface area (Å²) in [5, 5.41) is 9.62. The zero-order chi connectivity index (χ0) is 12.5. The summed E-state index contributed by atoms with van der Waals surface area (Å²) < 4.78 is 30.5. The molecule has 0 radical (unpaired) electrons. The zero-order valence-corrected chi connectivity index (χ0v) is 10.2. The molecule has 0 spiro atoms. The van der Waals surface area contributed by atoms with Crippen molar-refractivity contribution >= 4 is 10.0 Å². The van der Waals surface area contributed by atoms with Gasteiger partial charge in [-0.05, 0) is 12.1 Å². The molecule has 2 heterocycles. The fraction of sp³-hybridized carbons (Fsp3) is 0.500. The van der Waals surface area contributed by atoms with Crippen molar-refractivity contribution in [3.05, 3.63) is 24.5 Å². The van der Waals surface area contributed by atoms with Crippen molar-refractivity contribution in [2.45, 2.75) is 17.1 Å². The standard InChI is InChI=1S/C10H14N2O4S/c1-16-10-7-12(6-9(10)13)17(14,15)8-3-2-4-11-5-8/h2-5,9-10,13H,6-7H2,1H3/t9-,10-/m0/s1. The van der Waals surface area contributed by atoms with Gasteiger partial charge >= 0.3 is 0 Å². The van der Waals surface area contributed by atoms with Crippen LogP contribution in [0.1, 0.15) is 0 Å². The molecule has 6 nitrogen and oxygen atoms in total. The van der Waals surface area contributed by atoms with Gasteiger partial charge in [0.05, 0.1) is 12.2 Å². The van der Waals surface area contributed by atoms with Crippen molar-refractivity contribution in [3.8, 4) is 0 Å². The van der Waals surface area contributed by atoms with E-state index in [2.05, 4.69) is 4.98 Å². The van der Waals surface area contributed by atoms with E-state index in [0.29, 0.717) is 0 Å². The Morgan fingerprint density at radius 1 is 1.53 bits per heavy atom. The Morgan fingerprint density at radius 3 is 2.82 bits per heavy atom. The minimum atomic E-state index is -3.58. The molecule has 0 unspecified atom stereocenters. The topological polar surface area (TPSA) is 79.7 Å². The Kier molecular flexibility index (Phi) is 3.43. The molecule has 0 saturated carbocycles. The third-order valence-corrected chi connectivity index (χ3v) is 4.59. The van der Waals surface area contributed by atoms with Crippen LogP contribution in [0.4, 0.5) is 0 Å². The van der Waals surface area contributed by atoms with Gasteiger partial charge in [-0.15, -0.1) is 0 Å². The van der Waals surface area contributed by atoms with Crippen LogP contribution in [0.2, 0.25) is 0 Å². The fourth-order valence-electron chi connectivity index (χ4n) is 1.80. The predicted molar refractivity (Wildman–Crippen MR) is 59.8 cm³/mol. The molecule has 94 valence electrons. The minimum Gasteiger partial charge on any atom is -0.389 e. The van der Waals surface area contributed by atoms with Crippen molar-refractivity contribution in [3.63, 3.8) is 0 Å². The summed E-state index contributed by atoms with van der Waals surface area (Å²) in [5.41, 5.74) is 0. The lowest BCUT2D eigenvalue weighted by Gasteiger charge is -2.15. The number of methoxy groups -OCH3 is 1. The number of ether oxygens (including phenoxy) is 1. The number of aliphatic hydroxyl groups is 1. The number of pyridine rings is 1. The first kappa shape index (κ1) is 12.4. The van der Waals surface area contributed by atoms with E-state index in [1.807, 2.05) is 0 Å². The Balaban J connectivity index is 2.24. The van der Waals surface area contributed by atoms with Gasteiger partial charge in [0.15, 0.2) is 0 Å². The second-order valence-corrected chi connectivity index (χ2v) is 5.79. The third-order valence-electron chi connectivity index (χ3n) is 2.78. The van der Waals surface area contributed by atoms with Crippen molar-refractivity contribution in [1.29, 1.82) is 0 Å². The Bertz CT molecular complexity index is 476. The molecule has 0 bridgehead atoms. The number of sulfonamides is 1. The lowest BCUT2D eigenvalue weighted by atomic mass is 10.3. The average molecular weight is 258 g/mol. The van der Waals surface area contributed by atoms with Gasteiger partial charge in [0.25, 0.3) is 0 Å². The highest BCUT2D eigenvalue weighted by atomic mass is 32.2. The molecule has 2 atom stereocenters. The van der Waals surface area contributed by atoms with E-state index in [-0.39, 0.29) is 18.0 Å². The van der Waals surface area contributed by atoms with Crippen LogP contribution in [0.5, 0.6) is 0 Å². The molecule has 0 aliphatic carbocycles. The Morgan fingerprint density at radius 2 is 2.29 bits per heavy atom. The van der Waals surface area contributed by atoms with Crippen LogP contribution < -0.4 is 0 Å². The van der Waals surface area contributed by atoms with Crippen molar-refractivity contribution < 1.29 is 18.3 Å². The summed E-state index contributed by atoms with van der Waals surface area (Å²) in [4.78, 5) is 3.91. The summed E-state index contributed by atoms with van der Waals surface area (Å²) in [6.45, 7) is 0.213. The van der Waals surface area contributed by atoms with Crippen LogP contribution >= 0.6 is 0 Å². The molecule has 1 saturated heterocycles. The molecule has 1 aromatic heterocycles. The van der Waals surface area contributed by atoms with E-state index in [1.54, 1.807) is 6.07 Å². The predicted octanol–water partition coefficient (Wildman–Crippen LogP) is -0.538. The summed E-state index contributed by atoms with van der Waals surface area (Å²) in [7, 11) is -2.13. The summed E-state index contributed by atoms with van der Waals surface area (Å²) >= 11 is 0. The first-order valence-corrected chi connectivity index (χ1v) is 6.60. The van der Waals surface area contributed by atoms with Crippen LogP contribution in [0.15, 0.2) is 29.4 Å². The summed E-state index contributed by atoms with van der Waals surface area (Å²) in [5.74, 6) is 0. The van der Waals surface area contributed by atoms with Gasteiger partial charge in [0.1, 0.15) is 4.90 Å². The van der Waals surface area contributed by atoms with Crippen LogP contribution in [0.3, 0.4) is 0 Å². The normalized spacial score (nSPS) is 26.2. The highest BCUT2D eigenvalue weighted by Gasteiger charge is 2.38. The van der Waals surface area contributed by atoms with E-state index < -0.39 is 22.2 Å². The number of β-amino-alcohol motifs (C(OH)–C–C–N with tert-alkyl or cyclic N) is 1. The van der Waals surface area contributed by atoms with E-state index >= 15 is 0 Å². The summed E-state index contributed by atoms with van der Waals surface area (Å²) in [6, 6.07) is 3.04. The van der Waals surface area contributed by atoms with Crippen LogP contribution in [0, 0.1) is 0 Å². The van der Waals surface area contributed by atoms with Crippen LogP contribution in [-0.2, 0) is 14.8 Å². The summed E-state index contributed by atoms with van der Waals surface area (Å²) in [6.07, 6.45) is 1.55. The number of nitrogens with zero attached hydrogens (tertiary/aromatic N) is 2. The van der Waals surface area contributed by atoms with Gasteiger partial charge in [-0.25, -0.2) is 8.42 Å². The lowest BCUT2D eigenvalue weighted by Crippen LogP contribution is -2.30. The molecule has 1 N–H and O–H groups in total. The maximum Gasteiger partial charge on any atom is 0.244 e. The maximum atomic E-state index is 12.2. The average Bonchev–Trinajstić information content (AvgIpc) is 2.72. The van der Waals surface area contributed by atoms with Gasteiger partial charge in [-0.3, -0.25) is 4.98 Å². The quantitative estimate of drug-likeness (QED) is 0.788. The number of hydrogen-bond acceptors (Lipinski definition) is 5. The molecule has 0 aromatic carbocycles. The van der Waals surface area contributed by atoms with Gasteiger partial charge in [0.2, 0.25) is 10.0 Å². The SMILES string of the molecule is CO[C@H]1CN(S(=O)(=O)c2cccnc2)C[C@@H]1O. The number of rotatable bonds is 3. The minimum absolute atomic E-state index is 0.0513. The molecule has 2 rings (SSSR count). The lowest BCUT2D eigenvalue weighted by molar-refractivity contribution is 0.0216. The second-order valence-electron chi connectivity index (χ2n) is 3.85. The highest BCUT2D eigenvalue weighted by Crippen LogP contribution is 2.21. The van der Waals surface area contributed by atoms with Crippen molar-refractivity contribution in [1.82, 2.24) is 9.29 Å². The molecule has 1 aliphatic heterocycles. The monoisotopic (exact) mass is 258 g/mol. The molecular formula is C10H14N2O4S. The van der Waals surface area contributed by atoms with Crippen LogP contribution in [0.25, 0.3) is 0 Å². The van der Waals surface area contributed by atoms with Gasteiger partial charge in [-0.2, -0.15) is 4.31 Å². The third kappa shape index (κ3) is 2.32. The zero-order valence-electron chi connectivity index (χ0n) is 9.35. The first-order valence-electron chi connectivity index (χ1n) is 5.16. The largest absolute Gasteiger partial charge is 0.389 e. The Hall–Kier alpha value is -1.02. The molecule has 7 heteroatoms. The molecule has 17 heavy (non-hydrogen) atoms. The van der Waals surface area contributed by atoms with Gasteiger partial charge < -0.3 is 9.84 Å². The second kappa shape index (κ2) is 4.69. The van der Waals surface area contributed by atoms with Crippen molar-refractivity contribution in [2.75, 3.05) is 20.2 Å². The van der Waals surface area contributed by atoms with E-state index in [9.17, 15) is 13.5 Å². The van der Waals surface area contributed by atoms with Gasteiger partial charge in [-0.1, -0.05) is 0 Å². The molecule has 0 amide bonds. The number of aromatic nitrogens is 1. The molecule has 1 fully saturated rings. The molecular weight excluding hydrogens is 244 g/mol. The van der Waals surface area contributed by atoms with E-state index in [1.165, 1.54) is 29.9 Å². The maximum absolute atomic E-state index is 12.2. The van der Waals surface area contributed by atoms with Gasteiger partial charge in [0, 0.05) is 32.6 Å². The van der Waals surface area contributed by atoms with Crippen LogP contribution in [-0.4, -0.2) is 55.2 Å². The van der Waals surface area contributed by atoms with E-state index in [4.69, 9.17) is 4.74 Å². The first-order chi connectivity index (χ1) is 8.05. The molecule has 1 aliphatic rings. The number of aliphatic hydroxyl groups excluding tert-OH is 1. The smallest absolute Gasteiger partial charge is 0.244 e. The number of hydrogen-bond donors (Lipinski definition) is 1.